The maximum absolute atomic E-state index is 13.5. The first kappa shape index (κ1) is 16.5. The molecule has 2 rings (SSSR count). The molecule has 0 aliphatic carbocycles. The monoisotopic (exact) mass is 369 g/mol. The Morgan fingerprint density at radius 1 is 1.14 bits per heavy atom. The smallest absolute Gasteiger partial charge is 0.123 e. The lowest BCUT2D eigenvalue weighted by atomic mass is 9.91. The topological polar surface area (TPSA) is 12.0 Å². The van der Waals surface area contributed by atoms with Crippen LogP contribution in [-0.4, -0.2) is 6.54 Å². The molecule has 0 heterocycles. The van der Waals surface area contributed by atoms with E-state index in [9.17, 15) is 4.39 Å². The highest BCUT2D eigenvalue weighted by atomic mass is 79.9. The van der Waals surface area contributed by atoms with Crippen LogP contribution in [0.3, 0.4) is 0 Å². The quantitative estimate of drug-likeness (QED) is 0.743. The van der Waals surface area contributed by atoms with Crippen molar-refractivity contribution in [3.63, 3.8) is 0 Å². The molecule has 2 aromatic rings. The van der Waals surface area contributed by atoms with Crippen LogP contribution in [-0.2, 0) is 0 Å². The number of benzene rings is 2. The van der Waals surface area contributed by atoms with E-state index in [2.05, 4.69) is 28.2 Å². The van der Waals surface area contributed by atoms with Crippen molar-refractivity contribution >= 4 is 27.5 Å². The van der Waals surface area contributed by atoms with E-state index in [1.807, 2.05) is 32.0 Å². The third-order valence-electron chi connectivity index (χ3n) is 3.47. The van der Waals surface area contributed by atoms with Crippen LogP contribution in [0.4, 0.5) is 4.39 Å². The Morgan fingerprint density at radius 2 is 1.76 bits per heavy atom. The second kappa shape index (κ2) is 6.91. The van der Waals surface area contributed by atoms with Gasteiger partial charge in [-0.3, -0.25) is 0 Å². The van der Waals surface area contributed by atoms with Crippen molar-refractivity contribution in [2.24, 2.45) is 0 Å². The van der Waals surface area contributed by atoms with Gasteiger partial charge in [0.25, 0.3) is 0 Å². The first-order chi connectivity index (χ1) is 9.92. The van der Waals surface area contributed by atoms with Gasteiger partial charge in [-0.05, 0) is 73.0 Å². The number of nitrogens with one attached hydrogen (secondary N) is 1. The molecule has 0 spiro atoms. The van der Waals surface area contributed by atoms with E-state index in [-0.39, 0.29) is 11.9 Å². The van der Waals surface area contributed by atoms with Gasteiger partial charge in [0.15, 0.2) is 0 Å². The van der Waals surface area contributed by atoms with E-state index < -0.39 is 0 Å². The number of aryl methyl sites for hydroxylation is 2. The van der Waals surface area contributed by atoms with Crippen LogP contribution in [0.25, 0.3) is 0 Å². The molecular weight excluding hydrogens is 353 g/mol. The third kappa shape index (κ3) is 3.85. The van der Waals surface area contributed by atoms with Crippen molar-refractivity contribution in [2.45, 2.75) is 26.8 Å². The second-order valence-electron chi connectivity index (χ2n) is 5.15. The summed E-state index contributed by atoms with van der Waals surface area (Å²) in [5, 5.41) is 4.15. The molecule has 0 fully saturated rings. The van der Waals surface area contributed by atoms with Gasteiger partial charge in [0.1, 0.15) is 5.82 Å². The number of hydrogen-bond acceptors (Lipinski definition) is 1. The van der Waals surface area contributed by atoms with Crippen LogP contribution in [0.15, 0.2) is 34.8 Å². The normalized spacial score (nSPS) is 12.5. The number of rotatable bonds is 4. The Kier molecular flexibility index (Phi) is 5.42. The van der Waals surface area contributed by atoms with Crippen LogP contribution in [0.1, 0.15) is 35.2 Å². The van der Waals surface area contributed by atoms with Crippen molar-refractivity contribution in [2.75, 3.05) is 6.54 Å². The molecule has 2 aromatic carbocycles. The minimum absolute atomic E-state index is 0.00870. The van der Waals surface area contributed by atoms with Gasteiger partial charge in [0.05, 0.1) is 6.04 Å². The van der Waals surface area contributed by atoms with Crippen molar-refractivity contribution in [3.8, 4) is 0 Å². The van der Waals surface area contributed by atoms with E-state index in [4.69, 9.17) is 11.6 Å². The van der Waals surface area contributed by atoms with E-state index in [1.165, 1.54) is 0 Å². The lowest BCUT2D eigenvalue weighted by molar-refractivity contribution is 0.606. The first-order valence-electron chi connectivity index (χ1n) is 6.88. The minimum atomic E-state index is -0.198. The zero-order chi connectivity index (χ0) is 15.6. The van der Waals surface area contributed by atoms with Gasteiger partial charge in [-0.15, -0.1) is 0 Å². The first-order valence-corrected chi connectivity index (χ1v) is 8.05. The highest BCUT2D eigenvalue weighted by Gasteiger charge is 2.19. The Hall–Kier alpha value is -0.900. The van der Waals surface area contributed by atoms with E-state index >= 15 is 0 Å². The van der Waals surface area contributed by atoms with Gasteiger partial charge < -0.3 is 5.32 Å². The summed E-state index contributed by atoms with van der Waals surface area (Å²) in [6, 6.07) is 8.99. The summed E-state index contributed by atoms with van der Waals surface area (Å²) in [6.45, 7) is 6.75. The summed E-state index contributed by atoms with van der Waals surface area (Å²) in [4.78, 5) is 0. The molecule has 1 unspecified atom stereocenters. The Bertz CT molecular complexity index is 614. The fourth-order valence-electron chi connectivity index (χ4n) is 2.71. The van der Waals surface area contributed by atoms with E-state index in [1.54, 1.807) is 12.1 Å². The summed E-state index contributed by atoms with van der Waals surface area (Å²) < 4.78 is 14.5. The molecule has 1 atom stereocenters. The maximum atomic E-state index is 13.5. The standard InChI is InChI=1S/C17H18BrClFN/c1-4-21-17(12-7-13(18)9-14(19)8-12)16-10(2)5-15(20)6-11(16)3/h5-9,17,21H,4H2,1-3H3. The molecule has 0 aliphatic rings. The Labute approximate surface area is 138 Å². The Balaban J connectivity index is 2.58. The molecule has 112 valence electrons. The molecule has 0 bridgehead atoms. The molecule has 0 aromatic heterocycles. The average Bonchev–Trinajstić information content (AvgIpc) is 2.35. The average molecular weight is 371 g/mol. The summed E-state index contributed by atoms with van der Waals surface area (Å²) in [5.41, 5.74) is 4.05. The SMILES string of the molecule is CCNC(c1cc(Cl)cc(Br)c1)c1c(C)cc(F)cc1C. The number of halogens is 3. The summed E-state index contributed by atoms with van der Waals surface area (Å²) in [5.74, 6) is -0.198. The summed E-state index contributed by atoms with van der Waals surface area (Å²) >= 11 is 9.65. The van der Waals surface area contributed by atoms with Crippen molar-refractivity contribution < 1.29 is 4.39 Å². The summed E-state index contributed by atoms with van der Waals surface area (Å²) in [7, 11) is 0. The van der Waals surface area contributed by atoms with Crippen molar-refractivity contribution in [1.82, 2.24) is 5.32 Å². The minimum Gasteiger partial charge on any atom is -0.307 e. The molecule has 0 saturated heterocycles. The third-order valence-corrected chi connectivity index (χ3v) is 4.15. The van der Waals surface area contributed by atoms with Crippen LogP contribution in [0.2, 0.25) is 5.02 Å². The van der Waals surface area contributed by atoms with Crippen LogP contribution in [0, 0.1) is 19.7 Å². The lowest BCUT2D eigenvalue weighted by Gasteiger charge is -2.23. The molecule has 4 heteroatoms. The van der Waals surface area contributed by atoms with Gasteiger partial charge >= 0.3 is 0 Å². The zero-order valence-electron chi connectivity index (χ0n) is 12.3. The largest absolute Gasteiger partial charge is 0.307 e. The highest BCUT2D eigenvalue weighted by Crippen LogP contribution is 2.32. The van der Waals surface area contributed by atoms with Crippen LogP contribution in [0.5, 0.6) is 0 Å². The van der Waals surface area contributed by atoms with Crippen LogP contribution < -0.4 is 5.32 Å². The molecule has 0 saturated carbocycles. The van der Waals surface area contributed by atoms with Crippen LogP contribution >= 0.6 is 27.5 Å². The Morgan fingerprint density at radius 3 is 2.29 bits per heavy atom. The van der Waals surface area contributed by atoms with Gasteiger partial charge in [-0.1, -0.05) is 34.5 Å². The fraction of sp³-hybridized carbons (Fsp3) is 0.294. The van der Waals surface area contributed by atoms with E-state index in [0.717, 1.165) is 33.3 Å². The maximum Gasteiger partial charge on any atom is 0.123 e. The molecule has 21 heavy (non-hydrogen) atoms. The van der Waals surface area contributed by atoms with Gasteiger partial charge in [0, 0.05) is 9.50 Å². The molecular formula is C17H18BrClFN. The molecule has 1 nitrogen and oxygen atoms in total. The predicted molar refractivity (Wildman–Crippen MR) is 90.5 cm³/mol. The summed E-state index contributed by atoms with van der Waals surface area (Å²) in [6.07, 6.45) is 0. The van der Waals surface area contributed by atoms with Gasteiger partial charge in [0.2, 0.25) is 0 Å². The zero-order valence-corrected chi connectivity index (χ0v) is 14.6. The second-order valence-corrected chi connectivity index (χ2v) is 6.50. The number of hydrogen-bond donors (Lipinski definition) is 1. The molecule has 0 radical (unpaired) electrons. The molecule has 1 N–H and O–H groups in total. The molecule has 0 aliphatic heterocycles. The van der Waals surface area contributed by atoms with Gasteiger partial charge in [-0.25, -0.2) is 4.39 Å². The van der Waals surface area contributed by atoms with Crippen molar-refractivity contribution in [3.05, 3.63) is 67.9 Å². The predicted octanol–water partition coefficient (Wildman–Crippen LogP) is 5.56. The highest BCUT2D eigenvalue weighted by molar-refractivity contribution is 9.10. The lowest BCUT2D eigenvalue weighted by Crippen LogP contribution is -2.24. The fourth-order valence-corrected chi connectivity index (χ4v) is 3.60. The molecule has 0 amide bonds. The van der Waals surface area contributed by atoms with E-state index in [0.29, 0.717) is 5.02 Å². The van der Waals surface area contributed by atoms with Crippen molar-refractivity contribution in [1.29, 1.82) is 0 Å². The van der Waals surface area contributed by atoms with Gasteiger partial charge in [-0.2, -0.15) is 0 Å².